The van der Waals surface area contributed by atoms with Gasteiger partial charge in [0.2, 0.25) is 5.75 Å². The van der Waals surface area contributed by atoms with Gasteiger partial charge in [0.1, 0.15) is 0 Å². The molecule has 1 aliphatic carbocycles. The first-order valence-corrected chi connectivity index (χ1v) is 17.3. The van der Waals surface area contributed by atoms with Crippen LogP contribution in [-0.2, 0) is 11.2 Å². The van der Waals surface area contributed by atoms with E-state index in [0.29, 0.717) is 65.0 Å². The van der Waals surface area contributed by atoms with Crippen LogP contribution in [-0.4, -0.2) is 63.6 Å². The van der Waals surface area contributed by atoms with Crippen LogP contribution in [0, 0.1) is 5.92 Å². The molecule has 2 atom stereocenters. The highest BCUT2D eigenvalue weighted by atomic mass is 35.5. The highest BCUT2D eigenvalue weighted by molar-refractivity contribution is 7.99. The van der Waals surface area contributed by atoms with Gasteiger partial charge < -0.3 is 33.7 Å². The van der Waals surface area contributed by atoms with Crippen LogP contribution in [0.25, 0.3) is 0 Å². The fraction of sp³-hybridized carbons (Fsp3) is 0.417. The van der Waals surface area contributed by atoms with Crippen LogP contribution >= 0.6 is 23.4 Å². The number of allylic oxidation sites excluding steroid dienone is 1. The monoisotopic (exact) mass is 698 g/mol. The Labute approximate surface area is 291 Å². The van der Waals surface area contributed by atoms with E-state index in [4.69, 9.17) is 40.0 Å². The molecule has 2 amide bonds. The molecule has 0 radical (unpaired) electrons. The summed E-state index contributed by atoms with van der Waals surface area (Å²) in [5.74, 6) is 4.02. The molecule has 10 nitrogen and oxygen atoms in total. The number of hydrogen-bond donors (Lipinski definition) is 2. The molecule has 2 unspecified atom stereocenters. The SMILES string of the molecule is COc1cc(C2CCC(c3cc(OC)c(OC)c(OC)c3)O2)cc(C/C=C/NC(=O)N(O)CC2CC2)c1OCCSc1ccc(Cl)cc1. The molecule has 3 aromatic rings. The zero-order valence-electron chi connectivity index (χ0n) is 27.7. The average molecular weight is 699 g/mol. The van der Waals surface area contributed by atoms with Crippen LogP contribution < -0.4 is 29.0 Å². The Kier molecular flexibility index (Phi) is 12.6. The second-order valence-electron chi connectivity index (χ2n) is 11.6. The Bertz CT molecular complexity index is 1540. The molecule has 12 heteroatoms. The van der Waals surface area contributed by atoms with Crippen molar-refractivity contribution < 1.29 is 38.4 Å². The van der Waals surface area contributed by atoms with Gasteiger partial charge >= 0.3 is 6.03 Å². The molecule has 3 aromatic carbocycles. The molecule has 0 spiro atoms. The molecule has 258 valence electrons. The van der Waals surface area contributed by atoms with E-state index in [9.17, 15) is 10.0 Å². The summed E-state index contributed by atoms with van der Waals surface area (Å²) < 4.78 is 35.4. The maximum atomic E-state index is 12.3. The quantitative estimate of drug-likeness (QED) is 0.0666. The van der Waals surface area contributed by atoms with E-state index in [1.54, 1.807) is 46.4 Å². The van der Waals surface area contributed by atoms with E-state index in [1.807, 2.05) is 48.5 Å². The number of nitrogens with zero attached hydrogens (tertiary/aromatic N) is 1. The van der Waals surface area contributed by atoms with Crippen molar-refractivity contribution in [2.75, 3.05) is 47.3 Å². The Morgan fingerprint density at radius 2 is 1.52 bits per heavy atom. The van der Waals surface area contributed by atoms with Gasteiger partial charge in [-0.15, -0.1) is 11.8 Å². The molecule has 1 saturated carbocycles. The minimum Gasteiger partial charge on any atom is -0.493 e. The van der Waals surface area contributed by atoms with Gasteiger partial charge in [-0.25, -0.2) is 9.86 Å². The molecule has 0 aromatic heterocycles. The predicted molar refractivity (Wildman–Crippen MR) is 185 cm³/mol. The van der Waals surface area contributed by atoms with Crippen LogP contribution in [0.4, 0.5) is 4.79 Å². The van der Waals surface area contributed by atoms with Gasteiger partial charge in [-0.1, -0.05) is 17.7 Å². The van der Waals surface area contributed by atoms with Gasteiger partial charge in [-0.2, -0.15) is 0 Å². The van der Waals surface area contributed by atoms with Crippen molar-refractivity contribution in [1.82, 2.24) is 10.4 Å². The third-order valence-corrected chi connectivity index (χ3v) is 9.49. The molecule has 5 rings (SSSR count). The number of urea groups is 1. The number of carbonyl (C=O) groups excluding carboxylic acids is 1. The average Bonchev–Trinajstić information content (AvgIpc) is 3.79. The number of thioether (sulfide) groups is 1. The lowest BCUT2D eigenvalue weighted by atomic mass is 9.99. The Hall–Kier alpha value is -3.77. The molecule has 1 saturated heterocycles. The van der Waals surface area contributed by atoms with Crippen molar-refractivity contribution in [2.24, 2.45) is 5.92 Å². The second kappa shape index (κ2) is 17.1. The summed E-state index contributed by atoms with van der Waals surface area (Å²) in [4.78, 5) is 13.4. The molecule has 48 heavy (non-hydrogen) atoms. The highest BCUT2D eigenvalue weighted by Gasteiger charge is 2.31. The molecule has 2 N–H and O–H groups in total. The number of halogens is 1. The van der Waals surface area contributed by atoms with Crippen LogP contribution in [0.5, 0.6) is 28.7 Å². The van der Waals surface area contributed by atoms with Crippen molar-refractivity contribution in [3.05, 3.63) is 82.5 Å². The van der Waals surface area contributed by atoms with E-state index >= 15 is 0 Å². The van der Waals surface area contributed by atoms with Gasteiger partial charge in [0.15, 0.2) is 23.0 Å². The van der Waals surface area contributed by atoms with E-state index in [2.05, 4.69) is 11.4 Å². The number of carbonyl (C=O) groups is 1. The van der Waals surface area contributed by atoms with Crippen LogP contribution in [0.15, 0.2) is 65.7 Å². The number of hydroxylamine groups is 2. The number of hydrogen-bond acceptors (Lipinski definition) is 9. The van der Waals surface area contributed by atoms with Gasteiger partial charge in [0.25, 0.3) is 0 Å². The molecule has 1 heterocycles. The van der Waals surface area contributed by atoms with Crippen molar-refractivity contribution in [1.29, 1.82) is 0 Å². The van der Waals surface area contributed by atoms with Crippen LogP contribution in [0.3, 0.4) is 0 Å². The number of benzene rings is 3. The van der Waals surface area contributed by atoms with E-state index in [-0.39, 0.29) is 12.2 Å². The fourth-order valence-corrected chi connectivity index (χ4v) is 6.46. The van der Waals surface area contributed by atoms with Crippen molar-refractivity contribution in [2.45, 2.75) is 49.2 Å². The van der Waals surface area contributed by atoms with E-state index in [1.165, 1.54) is 0 Å². The lowest BCUT2D eigenvalue weighted by Crippen LogP contribution is -2.36. The summed E-state index contributed by atoms with van der Waals surface area (Å²) in [6.07, 6.45) is 7.11. The minimum atomic E-state index is -0.558. The van der Waals surface area contributed by atoms with Crippen molar-refractivity contribution >= 4 is 29.4 Å². The maximum absolute atomic E-state index is 12.3. The largest absolute Gasteiger partial charge is 0.493 e. The second-order valence-corrected chi connectivity index (χ2v) is 13.2. The van der Waals surface area contributed by atoms with Crippen LogP contribution in [0.2, 0.25) is 5.02 Å². The zero-order chi connectivity index (χ0) is 34.0. The summed E-state index contributed by atoms with van der Waals surface area (Å²) in [6.45, 7) is 0.781. The minimum absolute atomic E-state index is 0.175. The number of ether oxygens (including phenoxy) is 6. The van der Waals surface area contributed by atoms with Gasteiger partial charge in [-0.3, -0.25) is 5.21 Å². The molecule has 2 fully saturated rings. The summed E-state index contributed by atoms with van der Waals surface area (Å²) in [5, 5.41) is 14.1. The van der Waals surface area contributed by atoms with Gasteiger partial charge in [0.05, 0.1) is 53.8 Å². The zero-order valence-corrected chi connectivity index (χ0v) is 29.3. The Balaban J connectivity index is 1.32. The first kappa shape index (κ1) is 35.5. The smallest absolute Gasteiger partial charge is 0.345 e. The highest BCUT2D eigenvalue weighted by Crippen LogP contribution is 2.47. The van der Waals surface area contributed by atoms with E-state index < -0.39 is 6.03 Å². The number of rotatable bonds is 16. The summed E-state index contributed by atoms with van der Waals surface area (Å²) >= 11 is 7.70. The van der Waals surface area contributed by atoms with Crippen molar-refractivity contribution in [3.63, 3.8) is 0 Å². The maximum Gasteiger partial charge on any atom is 0.345 e. The van der Waals surface area contributed by atoms with Gasteiger partial charge in [0, 0.05) is 27.4 Å². The topological polar surface area (TPSA) is 108 Å². The lowest BCUT2D eigenvalue weighted by Gasteiger charge is -2.20. The number of methoxy groups -OCH3 is 4. The first-order valence-electron chi connectivity index (χ1n) is 15.9. The number of amides is 2. The molecule has 2 aliphatic rings. The Morgan fingerprint density at radius 3 is 2.10 bits per heavy atom. The molecule has 1 aliphatic heterocycles. The third kappa shape index (κ3) is 9.22. The third-order valence-electron chi connectivity index (χ3n) is 8.26. The number of nitrogens with one attached hydrogen (secondary N) is 1. The summed E-state index contributed by atoms with van der Waals surface area (Å²) in [5.41, 5.74) is 2.78. The normalized spacial score (nSPS) is 17.3. The standard InChI is InChI=1S/C36H43ClN2O8S/c1-42-31-19-25(29-13-14-30(47-29)26-20-32(43-2)35(45-4)33(21-26)44-3)18-24(6-5-15-38-36(40)39(41)22-23-7-8-23)34(31)46-16-17-48-28-11-9-27(37)10-12-28/h5,9-12,15,18-21,23,29-30,41H,6-8,13-14,16-17,22H2,1-4H3,(H,38,40)/b15-5+. The first-order chi connectivity index (χ1) is 23.3. The summed E-state index contributed by atoms with van der Waals surface area (Å²) in [6, 6.07) is 15.1. The lowest BCUT2D eigenvalue weighted by molar-refractivity contribution is -0.0453. The predicted octanol–water partition coefficient (Wildman–Crippen LogP) is 8.01. The van der Waals surface area contributed by atoms with E-state index in [0.717, 1.165) is 52.3 Å². The van der Waals surface area contributed by atoms with Gasteiger partial charge in [-0.05, 0) is 97.7 Å². The Morgan fingerprint density at radius 1 is 0.917 bits per heavy atom. The molecular weight excluding hydrogens is 656 g/mol. The van der Waals surface area contributed by atoms with Crippen LogP contribution in [0.1, 0.15) is 54.6 Å². The summed E-state index contributed by atoms with van der Waals surface area (Å²) in [7, 11) is 6.40. The molecule has 0 bridgehead atoms. The molecular formula is C36H43ClN2O8S. The fourth-order valence-electron chi connectivity index (χ4n) is 5.60. The van der Waals surface area contributed by atoms with Crippen molar-refractivity contribution in [3.8, 4) is 28.7 Å².